The number of aliphatic hydroxyl groups is 1. The molecule has 164 valence electrons. The van der Waals surface area contributed by atoms with E-state index in [1.54, 1.807) is 14.2 Å². The molecule has 2 N–H and O–H groups in total. The summed E-state index contributed by atoms with van der Waals surface area (Å²) in [6.07, 6.45) is 3.93. The van der Waals surface area contributed by atoms with Gasteiger partial charge in [0.05, 0.1) is 14.2 Å². The fourth-order valence-electron chi connectivity index (χ4n) is 4.10. The summed E-state index contributed by atoms with van der Waals surface area (Å²) in [5.41, 5.74) is 1.32. The summed E-state index contributed by atoms with van der Waals surface area (Å²) in [6, 6.07) is 6.14. The van der Waals surface area contributed by atoms with Crippen LogP contribution in [0.15, 0.2) is 23.2 Å². The topological polar surface area (TPSA) is 66.3 Å². The molecule has 1 saturated heterocycles. The first-order valence-electron chi connectivity index (χ1n) is 10.9. The number of hydrogen-bond acceptors (Lipinski definition) is 4. The van der Waals surface area contributed by atoms with E-state index < -0.39 is 0 Å². The van der Waals surface area contributed by atoms with Gasteiger partial charge in [-0.25, -0.2) is 0 Å². The number of aliphatic hydroxyl groups excluding tert-OH is 1. The molecule has 1 atom stereocenters. The Balaban J connectivity index is 2.16. The monoisotopic (exact) mass is 405 g/mol. The SMILES string of the molecule is CCNC(=NCC(CC)(CC)CCO)N1CCC(c2cc(OC)cc(OC)c2)C1. The number of nitrogens with one attached hydrogen (secondary N) is 1. The molecule has 0 radical (unpaired) electrons. The van der Waals surface area contributed by atoms with E-state index in [4.69, 9.17) is 14.5 Å². The van der Waals surface area contributed by atoms with E-state index in [1.165, 1.54) is 5.56 Å². The number of likely N-dealkylation sites (tertiary alicyclic amines) is 1. The van der Waals surface area contributed by atoms with E-state index in [2.05, 4.69) is 43.1 Å². The van der Waals surface area contributed by atoms with Crippen molar-refractivity contribution in [3.8, 4) is 11.5 Å². The number of benzene rings is 1. The van der Waals surface area contributed by atoms with E-state index in [0.29, 0.717) is 5.92 Å². The average molecular weight is 406 g/mol. The van der Waals surface area contributed by atoms with E-state index >= 15 is 0 Å². The zero-order valence-corrected chi connectivity index (χ0v) is 18.8. The van der Waals surface area contributed by atoms with Crippen LogP contribution in [0.4, 0.5) is 0 Å². The van der Waals surface area contributed by atoms with Crippen molar-refractivity contribution >= 4 is 5.96 Å². The summed E-state index contributed by atoms with van der Waals surface area (Å²) >= 11 is 0. The summed E-state index contributed by atoms with van der Waals surface area (Å²) in [7, 11) is 3.38. The van der Waals surface area contributed by atoms with Crippen LogP contribution >= 0.6 is 0 Å². The van der Waals surface area contributed by atoms with Gasteiger partial charge in [0.2, 0.25) is 0 Å². The molecule has 29 heavy (non-hydrogen) atoms. The van der Waals surface area contributed by atoms with Crippen LogP contribution in [0, 0.1) is 5.41 Å². The van der Waals surface area contributed by atoms with Gasteiger partial charge in [0, 0.05) is 44.8 Å². The second kappa shape index (κ2) is 11.3. The Hall–Kier alpha value is -1.95. The second-order valence-corrected chi connectivity index (χ2v) is 7.93. The van der Waals surface area contributed by atoms with Crippen molar-refractivity contribution in [3.05, 3.63) is 23.8 Å². The van der Waals surface area contributed by atoms with Crippen molar-refractivity contribution in [2.45, 2.75) is 52.4 Å². The van der Waals surface area contributed by atoms with Gasteiger partial charge in [0.15, 0.2) is 5.96 Å². The Kier molecular flexibility index (Phi) is 9.08. The van der Waals surface area contributed by atoms with Gasteiger partial charge in [-0.15, -0.1) is 0 Å². The zero-order valence-electron chi connectivity index (χ0n) is 18.8. The Morgan fingerprint density at radius 1 is 1.17 bits per heavy atom. The molecule has 1 aromatic carbocycles. The third kappa shape index (κ3) is 6.01. The zero-order chi connectivity index (χ0) is 21.3. The fourth-order valence-corrected chi connectivity index (χ4v) is 4.10. The van der Waals surface area contributed by atoms with Crippen LogP contribution in [-0.4, -0.2) is 63.0 Å². The van der Waals surface area contributed by atoms with Crippen LogP contribution < -0.4 is 14.8 Å². The lowest BCUT2D eigenvalue weighted by Gasteiger charge is -2.30. The first-order valence-corrected chi connectivity index (χ1v) is 10.9. The van der Waals surface area contributed by atoms with Crippen LogP contribution in [-0.2, 0) is 0 Å². The molecule has 0 spiro atoms. The largest absolute Gasteiger partial charge is 0.497 e. The summed E-state index contributed by atoms with van der Waals surface area (Å²) in [4.78, 5) is 7.35. The van der Waals surface area contributed by atoms with Crippen molar-refractivity contribution in [2.75, 3.05) is 47.0 Å². The number of nitrogens with zero attached hydrogens (tertiary/aromatic N) is 2. The molecule has 2 rings (SSSR count). The van der Waals surface area contributed by atoms with Crippen molar-refractivity contribution in [1.82, 2.24) is 10.2 Å². The summed E-state index contributed by atoms with van der Waals surface area (Å²) in [5, 5.41) is 13.0. The van der Waals surface area contributed by atoms with Gasteiger partial charge >= 0.3 is 0 Å². The van der Waals surface area contributed by atoms with Crippen LogP contribution in [0.2, 0.25) is 0 Å². The van der Waals surface area contributed by atoms with Crippen molar-refractivity contribution in [2.24, 2.45) is 10.4 Å². The number of guanidine groups is 1. The van der Waals surface area contributed by atoms with Gasteiger partial charge in [-0.05, 0) is 55.7 Å². The molecule has 0 saturated carbocycles. The lowest BCUT2D eigenvalue weighted by molar-refractivity contribution is 0.175. The molecule has 0 aliphatic carbocycles. The standard InChI is InChI=1S/C23H39N3O3/c1-6-23(7-2,10-12-27)17-25-22(24-8-3)26-11-9-18(16-26)19-13-20(28-4)15-21(14-19)29-5/h13-15,18,27H,6-12,16-17H2,1-5H3,(H,24,25). The quantitative estimate of drug-likeness (QED) is 0.459. The van der Waals surface area contributed by atoms with E-state index in [9.17, 15) is 5.11 Å². The molecule has 1 aromatic rings. The van der Waals surface area contributed by atoms with Gasteiger partial charge in [0.1, 0.15) is 11.5 Å². The fraction of sp³-hybridized carbons (Fsp3) is 0.696. The minimum atomic E-state index is 0.0781. The highest BCUT2D eigenvalue weighted by atomic mass is 16.5. The second-order valence-electron chi connectivity index (χ2n) is 7.93. The summed E-state index contributed by atoms with van der Waals surface area (Å²) < 4.78 is 10.9. The van der Waals surface area contributed by atoms with Crippen LogP contribution in [0.3, 0.4) is 0 Å². The van der Waals surface area contributed by atoms with Gasteiger partial charge < -0.3 is 24.8 Å². The predicted molar refractivity (Wildman–Crippen MR) is 119 cm³/mol. The normalized spacial score (nSPS) is 17.5. The Bertz CT molecular complexity index is 637. The maximum atomic E-state index is 9.50. The van der Waals surface area contributed by atoms with Gasteiger partial charge in [-0.3, -0.25) is 4.99 Å². The van der Waals surface area contributed by atoms with E-state index in [0.717, 1.165) is 69.3 Å². The molecule has 6 heteroatoms. The minimum absolute atomic E-state index is 0.0781. The van der Waals surface area contributed by atoms with Gasteiger partial charge in [0.25, 0.3) is 0 Å². The molecule has 0 amide bonds. The summed E-state index contributed by atoms with van der Waals surface area (Å²) in [5.74, 6) is 3.06. The number of methoxy groups -OCH3 is 2. The van der Waals surface area contributed by atoms with Crippen LogP contribution in [0.5, 0.6) is 11.5 Å². The molecule has 0 bridgehead atoms. The maximum absolute atomic E-state index is 9.50. The highest BCUT2D eigenvalue weighted by Gasteiger charge is 2.29. The number of ether oxygens (including phenoxy) is 2. The summed E-state index contributed by atoms with van der Waals surface area (Å²) in [6.45, 7) is 10.2. The lowest BCUT2D eigenvalue weighted by Crippen LogP contribution is -2.41. The minimum Gasteiger partial charge on any atom is -0.497 e. The number of hydrogen-bond donors (Lipinski definition) is 2. The highest BCUT2D eigenvalue weighted by molar-refractivity contribution is 5.80. The van der Waals surface area contributed by atoms with Crippen molar-refractivity contribution in [3.63, 3.8) is 0 Å². The third-order valence-electron chi connectivity index (χ3n) is 6.37. The van der Waals surface area contributed by atoms with Crippen LogP contribution in [0.1, 0.15) is 57.9 Å². The van der Waals surface area contributed by atoms with Gasteiger partial charge in [-0.2, -0.15) is 0 Å². The number of aliphatic imine (C=N–C) groups is 1. The first kappa shape index (κ1) is 23.3. The number of rotatable bonds is 10. The molecule has 1 unspecified atom stereocenters. The van der Waals surface area contributed by atoms with Crippen molar-refractivity contribution in [1.29, 1.82) is 0 Å². The Labute approximate surface area is 176 Å². The Morgan fingerprint density at radius 2 is 1.83 bits per heavy atom. The molecule has 1 aliphatic rings. The molecule has 0 aromatic heterocycles. The first-order chi connectivity index (χ1) is 14.0. The van der Waals surface area contributed by atoms with E-state index in [-0.39, 0.29) is 12.0 Å². The molecule has 1 fully saturated rings. The van der Waals surface area contributed by atoms with Crippen LogP contribution in [0.25, 0.3) is 0 Å². The predicted octanol–water partition coefficient (Wildman–Crippen LogP) is 3.65. The third-order valence-corrected chi connectivity index (χ3v) is 6.37. The molecule has 1 heterocycles. The van der Waals surface area contributed by atoms with E-state index in [1.807, 2.05) is 6.07 Å². The average Bonchev–Trinajstić information content (AvgIpc) is 3.25. The smallest absolute Gasteiger partial charge is 0.193 e. The highest BCUT2D eigenvalue weighted by Crippen LogP contribution is 2.34. The lowest BCUT2D eigenvalue weighted by atomic mass is 9.79. The van der Waals surface area contributed by atoms with Crippen molar-refractivity contribution < 1.29 is 14.6 Å². The molecule has 6 nitrogen and oxygen atoms in total. The Morgan fingerprint density at radius 3 is 2.34 bits per heavy atom. The molecular formula is C23H39N3O3. The molecular weight excluding hydrogens is 366 g/mol. The maximum Gasteiger partial charge on any atom is 0.193 e. The van der Waals surface area contributed by atoms with Gasteiger partial charge in [-0.1, -0.05) is 13.8 Å². The molecule has 1 aliphatic heterocycles.